The molecule has 0 spiro atoms. The van der Waals surface area contributed by atoms with E-state index in [1.165, 1.54) is 0 Å². The minimum Gasteiger partial charge on any atom is -0.273 e. The van der Waals surface area contributed by atoms with E-state index in [1.807, 2.05) is 30.3 Å². The van der Waals surface area contributed by atoms with Gasteiger partial charge < -0.3 is 0 Å². The smallest absolute Gasteiger partial charge is 0.272 e. The Bertz CT molecular complexity index is 640. The number of hydrazine groups is 1. The highest BCUT2D eigenvalue weighted by molar-refractivity contribution is 6.39. The summed E-state index contributed by atoms with van der Waals surface area (Å²) in [5.41, 5.74) is 5.59. The van der Waals surface area contributed by atoms with Crippen LogP contribution in [0, 0.1) is 0 Å². The Morgan fingerprint density at radius 2 is 1.48 bits per heavy atom. The van der Waals surface area contributed by atoms with Crippen LogP contribution >= 0.6 is 23.2 Å². The average Bonchev–Trinajstić information content (AvgIpc) is 2.46. The summed E-state index contributed by atoms with van der Waals surface area (Å²) in [6.07, 6.45) is 0.164. The molecule has 2 N–H and O–H groups in total. The van der Waals surface area contributed by atoms with E-state index < -0.39 is 5.91 Å². The highest BCUT2D eigenvalue weighted by Gasteiger charge is 2.15. The van der Waals surface area contributed by atoms with E-state index in [-0.39, 0.29) is 27.9 Å². The zero-order valence-corrected chi connectivity index (χ0v) is 12.4. The molecule has 0 aliphatic heterocycles. The van der Waals surface area contributed by atoms with Crippen LogP contribution in [-0.2, 0) is 11.2 Å². The fraction of sp³-hybridized carbons (Fsp3) is 0.0667. The molecule has 0 aliphatic rings. The van der Waals surface area contributed by atoms with Crippen LogP contribution in [0.4, 0.5) is 0 Å². The van der Waals surface area contributed by atoms with E-state index in [0.717, 1.165) is 5.56 Å². The molecule has 2 rings (SSSR count). The lowest BCUT2D eigenvalue weighted by molar-refractivity contribution is -0.121. The highest BCUT2D eigenvalue weighted by Crippen LogP contribution is 2.23. The topological polar surface area (TPSA) is 58.2 Å². The summed E-state index contributed by atoms with van der Waals surface area (Å²) in [5.74, 6) is -0.898. The molecule has 0 saturated carbocycles. The molecule has 4 nitrogen and oxygen atoms in total. The highest BCUT2D eigenvalue weighted by atomic mass is 35.5. The molecule has 0 bridgehead atoms. The zero-order valence-electron chi connectivity index (χ0n) is 10.9. The Morgan fingerprint density at radius 1 is 0.857 bits per heavy atom. The largest absolute Gasteiger partial charge is 0.273 e. The van der Waals surface area contributed by atoms with Crippen LogP contribution in [0.2, 0.25) is 10.0 Å². The third-order valence-electron chi connectivity index (χ3n) is 2.71. The van der Waals surface area contributed by atoms with Crippen molar-refractivity contribution in [3.8, 4) is 0 Å². The van der Waals surface area contributed by atoms with E-state index in [9.17, 15) is 9.59 Å². The second-order valence-electron chi connectivity index (χ2n) is 4.26. The fourth-order valence-corrected chi connectivity index (χ4v) is 2.30. The van der Waals surface area contributed by atoms with Gasteiger partial charge in [-0.25, -0.2) is 0 Å². The number of hydrogen-bond donors (Lipinski definition) is 2. The number of halogens is 2. The number of nitrogens with one attached hydrogen (secondary N) is 2. The lowest BCUT2D eigenvalue weighted by Gasteiger charge is -2.09. The third-order valence-corrected chi connectivity index (χ3v) is 3.34. The van der Waals surface area contributed by atoms with Crippen LogP contribution in [0.1, 0.15) is 15.9 Å². The number of amides is 2. The predicted octanol–water partition coefficient (Wildman–Crippen LogP) is 3.00. The molecule has 0 heterocycles. The van der Waals surface area contributed by atoms with Gasteiger partial charge in [0, 0.05) is 0 Å². The maximum Gasteiger partial charge on any atom is 0.272 e. The summed E-state index contributed by atoms with van der Waals surface area (Å²) in [6.45, 7) is 0. The second kappa shape index (κ2) is 7.11. The van der Waals surface area contributed by atoms with E-state index in [1.54, 1.807) is 18.2 Å². The van der Waals surface area contributed by atoms with Crippen LogP contribution < -0.4 is 10.9 Å². The molecule has 0 unspecified atom stereocenters. The van der Waals surface area contributed by atoms with Gasteiger partial charge in [-0.2, -0.15) is 0 Å². The number of rotatable bonds is 3. The Morgan fingerprint density at radius 3 is 2.10 bits per heavy atom. The van der Waals surface area contributed by atoms with Crippen molar-refractivity contribution in [3.05, 3.63) is 69.7 Å². The van der Waals surface area contributed by atoms with Crippen LogP contribution in [0.5, 0.6) is 0 Å². The molecule has 0 aliphatic carbocycles. The molecule has 0 aromatic heterocycles. The van der Waals surface area contributed by atoms with Crippen LogP contribution in [-0.4, -0.2) is 11.8 Å². The number of carbonyl (C=O) groups excluding carboxylic acids is 2. The summed E-state index contributed by atoms with van der Waals surface area (Å²) in [7, 11) is 0. The molecular weight excluding hydrogens is 311 g/mol. The summed E-state index contributed by atoms with van der Waals surface area (Å²) >= 11 is 11.8. The average molecular weight is 323 g/mol. The Balaban J connectivity index is 1.94. The van der Waals surface area contributed by atoms with Gasteiger partial charge in [0.1, 0.15) is 0 Å². The van der Waals surface area contributed by atoms with Crippen molar-refractivity contribution < 1.29 is 9.59 Å². The molecule has 6 heteroatoms. The lowest BCUT2D eigenvalue weighted by atomic mass is 10.1. The summed E-state index contributed by atoms with van der Waals surface area (Å²) in [4.78, 5) is 23.7. The van der Waals surface area contributed by atoms with Crippen LogP contribution in [0.25, 0.3) is 0 Å². The molecule has 2 aromatic rings. The van der Waals surface area contributed by atoms with Crippen molar-refractivity contribution in [1.29, 1.82) is 0 Å². The van der Waals surface area contributed by atoms with Gasteiger partial charge in [-0.1, -0.05) is 59.6 Å². The molecule has 0 saturated heterocycles. The quantitative estimate of drug-likeness (QED) is 0.853. The molecule has 2 amide bonds. The van der Waals surface area contributed by atoms with Crippen LogP contribution in [0.3, 0.4) is 0 Å². The van der Waals surface area contributed by atoms with Gasteiger partial charge in [-0.15, -0.1) is 0 Å². The predicted molar refractivity (Wildman–Crippen MR) is 82.2 cm³/mol. The second-order valence-corrected chi connectivity index (χ2v) is 5.08. The Kier molecular flexibility index (Phi) is 5.20. The van der Waals surface area contributed by atoms with Crippen molar-refractivity contribution in [1.82, 2.24) is 10.9 Å². The van der Waals surface area contributed by atoms with Gasteiger partial charge >= 0.3 is 0 Å². The minimum atomic E-state index is -0.563. The normalized spacial score (nSPS) is 10.0. The molecule has 108 valence electrons. The molecule has 0 fully saturated rings. The van der Waals surface area contributed by atoms with Gasteiger partial charge in [0.25, 0.3) is 5.91 Å². The van der Waals surface area contributed by atoms with Gasteiger partial charge in [-0.05, 0) is 17.7 Å². The van der Waals surface area contributed by atoms with Gasteiger partial charge in [0.15, 0.2) is 0 Å². The molecular formula is C15H12Cl2N2O2. The molecule has 21 heavy (non-hydrogen) atoms. The first kappa shape index (κ1) is 15.4. The van der Waals surface area contributed by atoms with Crippen LogP contribution in [0.15, 0.2) is 48.5 Å². The standard InChI is InChI=1S/C15H12Cl2N2O2/c16-11-7-4-8-12(17)14(11)15(21)19-18-13(20)9-10-5-2-1-3-6-10/h1-8H,9H2,(H,18,20)(H,19,21). The molecule has 0 atom stereocenters. The maximum atomic E-state index is 11.9. The van der Waals surface area contributed by atoms with Crippen molar-refractivity contribution in [3.63, 3.8) is 0 Å². The van der Waals surface area contributed by atoms with Crippen molar-refractivity contribution in [2.75, 3.05) is 0 Å². The van der Waals surface area contributed by atoms with E-state index in [4.69, 9.17) is 23.2 Å². The SMILES string of the molecule is O=C(Cc1ccccc1)NNC(=O)c1c(Cl)cccc1Cl. The Labute approximate surface area is 132 Å². The number of carbonyl (C=O) groups is 2. The van der Waals surface area contributed by atoms with Gasteiger partial charge in [0.2, 0.25) is 5.91 Å². The third kappa shape index (κ3) is 4.21. The molecule has 2 aromatic carbocycles. The maximum absolute atomic E-state index is 11.9. The summed E-state index contributed by atoms with van der Waals surface area (Å²) in [5, 5.41) is 0.439. The van der Waals surface area contributed by atoms with Crippen molar-refractivity contribution >= 4 is 35.0 Å². The van der Waals surface area contributed by atoms with E-state index in [0.29, 0.717) is 0 Å². The first-order chi connectivity index (χ1) is 10.1. The number of benzene rings is 2. The van der Waals surface area contributed by atoms with E-state index >= 15 is 0 Å². The Hall–Kier alpha value is -2.04. The first-order valence-corrected chi connectivity index (χ1v) is 6.90. The lowest BCUT2D eigenvalue weighted by Crippen LogP contribution is -2.42. The van der Waals surface area contributed by atoms with Gasteiger partial charge in [-0.3, -0.25) is 20.4 Å². The first-order valence-electron chi connectivity index (χ1n) is 6.15. The zero-order chi connectivity index (χ0) is 15.2. The summed E-state index contributed by atoms with van der Waals surface area (Å²) in [6, 6.07) is 13.9. The van der Waals surface area contributed by atoms with Gasteiger partial charge in [0.05, 0.1) is 22.0 Å². The fourth-order valence-electron chi connectivity index (χ4n) is 1.73. The monoisotopic (exact) mass is 322 g/mol. The summed E-state index contributed by atoms with van der Waals surface area (Å²) < 4.78 is 0. The minimum absolute atomic E-state index is 0.126. The number of hydrogen-bond acceptors (Lipinski definition) is 2. The van der Waals surface area contributed by atoms with Crippen molar-refractivity contribution in [2.24, 2.45) is 0 Å². The van der Waals surface area contributed by atoms with E-state index in [2.05, 4.69) is 10.9 Å². The molecule has 0 radical (unpaired) electrons. The van der Waals surface area contributed by atoms with Crippen molar-refractivity contribution in [2.45, 2.75) is 6.42 Å².